The van der Waals surface area contributed by atoms with Crippen LogP contribution in [0.4, 0.5) is 0 Å². The zero-order valence-corrected chi connectivity index (χ0v) is 25.2. The van der Waals surface area contributed by atoms with E-state index in [4.69, 9.17) is 35.3 Å². The number of hydrogen-bond donors (Lipinski definition) is 0. The first kappa shape index (κ1) is 33.4. The number of carbonyl (C=O) groups excluding carboxylic acids is 1. The Balaban J connectivity index is 0.00000442. The van der Waals surface area contributed by atoms with Gasteiger partial charge in [0, 0.05) is 24.1 Å². The standard InChI is InChI=1S/C36H37ClO6.CH4/c1-3-40-31-17-14-26(15-18-31)20-29-21-30(16-19-32(29)37)36(39-2)22-33(41-24-27-10-6-4-7-11-27)35(34(23-38)43-36)42-25-28-12-8-5-9-13-28;/h4-19,21,23,33-35H,3,20,22,24-25H2,1-2H3;1H4/t33?,34?,35-,36+;/m0./s1. The van der Waals surface area contributed by atoms with Gasteiger partial charge in [0.05, 0.1) is 25.9 Å². The second kappa shape index (κ2) is 16.0. The van der Waals surface area contributed by atoms with E-state index in [-0.39, 0.29) is 7.43 Å². The van der Waals surface area contributed by atoms with Gasteiger partial charge in [0.2, 0.25) is 0 Å². The summed E-state index contributed by atoms with van der Waals surface area (Å²) in [6.07, 6.45) is -0.378. The van der Waals surface area contributed by atoms with Gasteiger partial charge in [-0.3, -0.25) is 0 Å². The van der Waals surface area contributed by atoms with Crippen molar-refractivity contribution in [3.05, 3.63) is 136 Å². The van der Waals surface area contributed by atoms with Gasteiger partial charge in [-0.25, -0.2) is 0 Å². The summed E-state index contributed by atoms with van der Waals surface area (Å²) < 4.78 is 31.0. The average molecular weight is 617 g/mol. The van der Waals surface area contributed by atoms with Gasteiger partial charge >= 0.3 is 0 Å². The highest BCUT2D eigenvalue weighted by molar-refractivity contribution is 6.31. The Labute approximate surface area is 265 Å². The molecule has 0 spiro atoms. The van der Waals surface area contributed by atoms with Crippen LogP contribution in [0, 0.1) is 0 Å². The zero-order chi connectivity index (χ0) is 30.1. The molecule has 1 aliphatic heterocycles. The molecule has 0 aromatic heterocycles. The van der Waals surface area contributed by atoms with Crippen molar-refractivity contribution in [3.63, 3.8) is 0 Å². The van der Waals surface area contributed by atoms with Crippen LogP contribution in [-0.4, -0.2) is 38.3 Å². The van der Waals surface area contributed by atoms with Gasteiger partial charge in [0.15, 0.2) is 12.1 Å². The number of halogens is 1. The van der Waals surface area contributed by atoms with Crippen molar-refractivity contribution in [1.29, 1.82) is 0 Å². The molecule has 0 aliphatic carbocycles. The van der Waals surface area contributed by atoms with E-state index < -0.39 is 24.1 Å². The first-order valence-corrected chi connectivity index (χ1v) is 14.9. The zero-order valence-electron chi connectivity index (χ0n) is 24.5. The predicted molar refractivity (Wildman–Crippen MR) is 173 cm³/mol. The number of hydrogen-bond acceptors (Lipinski definition) is 6. The van der Waals surface area contributed by atoms with Crippen LogP contribution in [0.3, 0.4) is 0 Å². The SMILES string of the molecule is C.CCOc1ccc(Cc2cc([C@@]3(OC)CC(OCc4ccccc4)[C@H](OCc4ccccc4)C(C=O)O3)ccc2Cl)cc1. The van der Waals surface area contributed by atoms with Crippen LogP contribution < -0.4 is 4.74 Å². The minimum absolute atomic E-state index is 0. The second-order valence-electron chi connectivity index (χ2n) is 10.5. The summed E-state index contributed by atoms with van der Waals surface area (Å²) in [5.41, 5.74) is 4.76. The van der Waals surface area contributed by atoms with Gasteiger partial charge in [-0.05, 0) is 59.9 Å². The highest BCUT2D eigenvalue weighted by atomic mass is 35.5. The Hall–Kier alpha value is -3.52. The molecule has 0 N–H and O–H groups in total. The first-order valence-electron chi connectivity index (χ1n) is 14.5. The fourth-order valence-electron chi connectivity index (χ4n) is 5.41. The van der Waals surface area contributed by atoms with Crippen molar-refractivity contribution >= 4 is 17.9 Å². The topological polar surface area (TPSA) is 63.2 Å². The third-order valence-corrected chi connectivity index (χ3v) is 8.03. The molecule has 7 heteroatoms. The molecule has 4 aromatic carbocycles. The Kier molecular flexibility index (Phi) is 12.1. The quantitative estimate of drug-likeness (QED) is 0.142. The Morgan fingerprint density at radius 2 is 1.50 bits per heavy atom. The van der Waals surface area contributed by atoms with Crippen LogP contribution in [0.5, 0.6) is 5.75 Å². The van der Waals surface area contributed by atoms with Crippen LogP contribution in [0.15, 0.2) is 103 Å². The molecule has 0 radical (unpaired) electrons. The summed E-state index contributed by atoms with van der Waals surface area (Å²) in [5, 5.41) is 0.632. The lowest BCUT2D eigenvalue weighted by Crippen LogP contribution is -2.56. The molecular formula is C37H41ClO6. The van der Waals surface area contributed by atoms with Crippen LogP contribution in [0.25, 0.3) is 0 Å². The van der Waals surface area contributed by atoms with Crippen molar-refractivity contribution in [2.45, 2.75) is 64.5 Å². The van der Waals surface area contributed by atoms with Gasteiger partial charge in [-0.2, -0.15) is 0 Å². The van der Waals surface area contributed by atoms with Crippen molar-refractivity contribution in [2.24, 2.45) is 0 Å². The Bertz CT molecular complexity index is 1450. The van der Waals surface area contributed by atoms with E-state index in [1.54, 1.807) is 7.11 Å². The molecule has 1 fully saturated rings. The maximum atomic E-state index is 12.5. The molecule has 0 bridgehead atoms. The third kappa shape index (κ3) is 8.14. The minimum Gasteiger partial charge on any atom is -0.494 e. The monoisotopic (exact) mass is 616 g/mol. The highest BCUT2D eigenvalue weighted by Gasteiger charge is 2.50. The van der Waals surface area contributed by atoms with Gasteiger partial charge in [-0.1, -0.05) is 97.9 Å². The summed E-state index contributed by atoms with van der Waals surface area (Å²) in [6, 6.07) is 33.4. The van der Waals surface area contributed by atoms with Gasteiger partial charge in [0.25, 0.3) is 0 Å². The van der Waals surface area contributed by atoms with Crippen LogP contribution in [-0.2, 0) is 49.2 Å². The molecule has 44 heavy (non-hydrogen) atoms. The van der Waals surface area contributed by atoms with Crippen molar-refractivity contribution in [3.8, 4) is 5.75 Å². The molecule has 0 amide bonds. The average Bonchev–Trinajstić information content (AvgIpc) is 3.05. The van der Waals surface area contributed by atoms with Crippen LogP contribution in [0.1, 0.15) is 48.6 Å². The number of rotatable bonds is 13. The van der Waals surface area contributed by atoms with Crippen molar-refractivity contribution in [1.82, 2.24) is 0 Å². The minimum atomic E-state index is -1.25. The van der Waals surface area contributed by atoms with Crippen molar-refractivity contribution < 1.29 is 28.5 Å². The molecule has 232 valence electrons. The fourth-order valence-corrected chi connectivity index (χ4v) is 5.59. The molecule has 5 rings (SSSR count). The predicted octanol–water partition coefficient (Wildman–Crippen LogP) is 7.92. The maximum Gasteiger partial charge on any atom is 0.198 e. The van der Waals surface area contributed by atoms with E-state index in [1.807, 2.05) is 110 Å². The van der Waals surface area contributed by atoms with E-state index in [0.717, 1.165) is 39.9 Å². The molecule has 1 aliphatic rings. The number of methoxy groups -OCH3 is 1. The Morgan fingerprint density at radius 3 is 2.09 bits per heavy atom. The summed E-state index contributed by atoms with van der Waals surface area (Å²) in [5.74, 6) is -0.428. The smallest absolute Gasteiger partial charge is 0.198 e. The summed E-state index contributed by atoms with van der Waals surface area (Å²) >= 11 is 6.67. The number of ether oxygens (including phenoxy) is 5. The maximum absolute atomic E-state index is 12.5. The van der Waals surface area contributed by atoms with E-state index in [0.29, 0.717) is 37.7 Å². The van der Waals surface area contributed by atoms with Gasteiger partial charge in [0.1, 0.15) is 18.0 Å². The molecule has 4 atom stereocenters. The molecule has 1 heterocycles. The first-order chi connectivity index (χ1) is 21.0. The number of benzene rings is 4. The number of carbonyl (C=O) groups is 1. The van der Waals surface area contributed by atoms with Crippen LogP contribution in [0.2, 0.25) is 5.02 Å². The van der Waals surface area contributed by atoms with Gasteiger partial charge in [-0.15, -0.1) is 0 Å². The number of aldehydes is 1. The molecule has 4 aromatic rings. The molecule has 6 nitrogen and oxygen atoms in total. The van der Waals surface area contributed by atoms with E-state index >= 15 is 0 Å². The van der Waals surface area contributed by atoms with E-state index in [2.05, 4.69) is 0 Å². The fraction of sp³-hybridized carbons (Fsp3) is 0.324. The summed E-state index contributed by atoms with van der Waals surface area (Å²) in [6.45, 7) is 3.24. The molecule has 2 unspecified atom stereocenters. The van der Waals surface area contributed by atoms with Gasteiger partial charge < -0.3 is 28.5 Å². The highest BCUT2D eigenvalue weighted by Crippen LogP contribution is 2.42. The largest absolute Gasteiger partial charge is 0.494 e. The normalized spacial score (nSPS) is 21.3. The van der Waals surface area contributed by atoms with Crippen molar-refractivity contribution in [2.75, 3.05) is 13.7 Å². The summed E-state index contributed by atoms with van der Waals surface area (Å²) in [4.78, 5) is 12.5. The van der Waals surface area contributed by atoms with E-state index in [1.165, 1.54) is 0 Å². The lowest BCUT2D eigenvalue weighted by molar-refractivity contribution is -0.321. The molecular weight excluding hydrogens is 576 g/mol. The third-order valence-electron chi connectivity index (χ3n) is 7.66. The van der Waals surface area contributed by atoms with Crippen LogP contribution >= 0.6 is 11.6 Å². The van der Waals surface area contributed by atoms with E-state index in [9.17, 15) is 4.79 Å². The summed E-state index contributed by atoms with van der Waals surface area (Å²) in [7, 11) is 1.59. The lowest BCUT2D eigenvalue weighted by Gasteiger charge is -2.46. The molecule has 1 saturated heterocycles. The second-order valence-corrected chi connectivity index (χ2v) is 10.9. The Morgan fingerprint density at radius 1 is 0.864 bits per heavy atom. The molecule has 0 saturated carbocycles. The lowest BCUT2D eigenvalue weighted by atomic mass is 9.89.